The number of likely N-dealkylation sites (N-methyl/N-ethyl adjacent to an activating group) is 6. The standard InChI is InChI=1S/C71H109F10N11O11/c1-13-40(5)57-65(101)87(10)42(7)61(97)91-30-27-50(91)64(100)90(14-2)52(35-43-21-24-46(25-22-43)70(76,77)78)63(99)85(8)37-54(93)82-49(26-23-44-33-47(72)56(48(73)34-44)71(79,80)81)62(98)92-38-69(74,75)36-53(92)60(96)84-68(28-18-29-68)67(103)89(12)58(45-19-16-15-17-20-45)66(102)86(9)41(6)32-55(94)88(11)51(31-39(3)4)59(95)83-57/h39-53,56-58H,13-38H2,1-12H3,(H,82,93)(H,83,95)(H,84,96)/t40-,41+,42-,43?,44?,46?,47?,48?,49-,50-,51-,52-,53-,56?,57-,58-/m0/s1. The number of alkyl halides is 10. The number of nitrogens with zero attached hydrogens (tertiary/aromatic N) is 8. The Morgan fingerprint density at radius 3 is 1.74 bits per heavy atom. The first kappa shape index (κ1) is 83.7. The summed E-state index contributed by atoms with van der Waals surface area (Å²) in [7, 11) is 6.78. The molecule has 3 saturated heterocycles. The Morgan fingerprint density at radius 1 is 0.602 bits per heavy atom. The summed E-state index contributed by atoms with van der Waals surface area (Å²) in [6.07, 6.45) is -16.6. The largest absolute Gasteiger partial charge is 0.397 e. The zero-order valence-electron chi connectivity index (χ0n) is 61.6. The minimum Gasteiger partial charge on any atom is -0.343 e. The first-order chi connectivity index (χ1) is 48.0. The first-order valence-corrected chi connectivity index (χ1v) is 36.9. The maximum atomic E-state index is 16.1. The Labute approximate surface area is 597 Å². The van der Waals surface area contributed by atoms with Crippen LogP contribution in [0.1, 0.15) is 190 Å². The summed E-state index contributed by atoms with van der Waals surface area (Å²) < 4.78 is 146. The van der Waals surface area contributed by atoms with E-state index in [4.69, 9.17) is 0 Å². The molecule has 584 valence electrons. The third kappa shape index (κ3) is 19.6. The van der Waals surface area contributed by atoms with Gasteiger partial charge in [0.05, 0.1) is 19.0 Å². The third-order valence-corrected chi connectivity index (χ3v) is 23.6. The van der Waals surface area contributed by atoms with Crippen molar-refractivity contribution in [3.8, 4) is 0 Å². The quantitative estimate of drug-likeness (QED) is 0.169. The number of halogens is 10. The molecule has 4 saturated carbocycles. The molecule has 4 aliphatic carbocycles. The van der Waals surface area contributed by atoms with E-state index in [0.717, 1.165) is 28.2 Å². The molecular formula is C71H109F10N11O11. The maximum absolute atomic E-state index is 16.1. The molecule has 3 N–H and O–H groups in total. The lowest BCUT2D eigenvalue weighted by molar-refractivity contribution is -0.219. The topological polar surface area (TPSA) is 250 Å². The Morgan fingerprint density at radius 2 is 1.21 bits per heavy atom. The van der Waals surface area contributed by atoms with Crippen LogP contribution in [0.4, 0.5) is 43.9 Å². The van der Waals surface area contributed by atoms with E-state index in [0.29, 0.717) is 43.4 Å². The van der Waals surface area contributed by atoms with Gasteiger partial charge in [0.2, 0.25) is 65.0 Å². The fourth-order valence-electron chi connectivity index (χ4n) is 16.5. The number of amides is 11. The van der Waals surface area contributed by atoms with Crippen molar-refractivity contribution in [2.24, 2.45) is 41.4 Å². The van der Waals surface area contributed by atoms with Crippen LogP contribution in [-0.2, 0) is 52.7 Å². The summed E-state index contributed by atoms with van der Waals surface area (Å²) in [4.78, 5) is 172. The van der Waals surface area contributed by atoms with Gasteiger partial charge in [-0.15, -0.1) is 0 Å². The van der Waals surface area contributed by atoms with Crippen molar-refractivity contribution in [3.63, 3.8) is 0 Å². The van der Waals surface area contributed by atoms with Crippen LogP contribution in [-0.4, -0.2) is 256 Å². The fraction of sp³-hybridized carbons (Fsp3) is 0.845. The lowest BCUT2D eigenvalue weighted by atomic mass is 9.74. The Bertz CT molecular complexity index is 3040. The van der Waals surface area contributed by atoms with E-state index in [1.54, 1.807) is 20.8 Å². The summed E-state index contributed by atoms with van der Waals surface area (Å²) in [5.74, 6) is -20.8. The molecular weight excluding hydrogens is 1370 g/mol. The molecule has 3 heterocycles. The van der Waals surface area contributed by atoms with Crippen LogP contribution in [0.15, 0.2) is 0 Å². The molecule has 1 spiro atoms. The number of hydrogen-bond donors (Lipinski definition) is 3. The van der Waals surface area contributed by atoms with E-state index in [-0.39, 0.29) is 83.2 Å². The molecule has 2 unspecified atom stereocenters. The summed E-state index contributed by atoms with van der Waals surface area (Å²) in [6.45, 7) is 9.10. The van der Waals surface area contributed by atoms with Crippen molar-refractivity contribution in [1.29, 1.82) is 0 Å². The van der Waals surface area contributed by atoms with Crippen molar-refractivity contribution in [2.45, 2.75) is 280 Å². The Hall–Kier alpha value is -6.53. The number of nitrogens with one attached hydrogen (secondary N) is 3. The van der Waals surface area contributed by atoms with Gasteiger partial charge in [0.1, 0.15) is 72.1 Å². The zero-order chi connectivity index (χ0) is 76.9. The van der Waals surface area contributed by atoms with Gasteiger partial charge in [0, 0.05) is 67.2 Å². The summed E-state index contributed by atoms with van der Waals surface area (Å²) in [6, 6.07) is -12.6. The van der Waals surface area contributed by atoms with Crippen molar-refractivity contribution in [3.05, 3.63) is 0 Å². The van der Waals surface area contributed by atoms with E-state index in [1.165, 1.54) is 61.6 Å². The molecule has 3 aliphatic heterocycles. The van der Waals surface area contributed by atoms with Crippen LogP contribution in [0.3, 0.4) is 0 Å². The lowest BCUT2D eigenvalue weighted by Gasteiger charge is -2.47. The molecule has 0 aromatic rings. The number of rotatable bonds is 11. The van der Waals surface area contributed by atoms with E-state index in [1.807, 2.05) is 13.8 Å². The highest BCUT2D eigenvalue weighted by Crippen LogP contribution is 2.46. The fourth-order valence-corrected chi connectivity index (χ4v) is 16.5. The molecule has 0 aromatic carbocycles. The van der Waals surface area contributed by atoms with Gasteiger partial charge in [-0.1, -0.05) is 53.4 Å². The molecule has 22 nitrogen and oxygen atoms in total. The number of hydrogen-bond acceptors (Lipinski definition) is 11. The van der Waals surface area contributed by atoms with Crippen LogP contribution in [0.5, 0.6) is 0 Å². The van der Waals surface area contributed by atoms with Gasteiger partial charge in [0.25, 0.3) is 5.92 Å². The van der Waals surface area contributed by atoms with Crippen molar-refractivity contribution in [2.75, 3.05) is 61.4 Å². The number of fused-ring (bicyclic) bond motifs is 2. The SMILES string of the molecule is CC[C@H](C)[C@@H]1NC(=O)[C@H](CC(C)C)N(C)C(=O)C[C@@H](C)N(C)C(=O)[C@H](C2CCCCC2)N(C)C(=O)C2(CCC2)NC(=O)[C@@H]2CC(F)(F)CN2C(=O)[C@H](CCC2CC(F)C(C(F)(F)F)C(F)C2)NC(=O)CN(C)C(=O)[C@H](CC2CCC(C(F)(F)F)CC2)N(CC)C(=O)[C@@H]2CCN2C(=O)[C@H](C)N(C)C1=O. The van der Waals surface area contributed by atoms with Crippen molar-refractivity contribution < 1.29 is 96.6 Å². The predicted molar refractivity (Wildman–Crippen MR) is 358 cm³/mol. The highest BCUT2D eigenvalue weighted by atomic mass is 19.4. The molecule has 12 atom stereocenters. The summed E-state index contributed by atoms with van der Waals surface area (Å²) in [5, 5.41) is 7.95. The van der Waals surface area contributed by atoms with Crippen LogP contribution in [0.2, 0.25) is 0 Å². The molecule has 7 rings (SSSR count). The molecule has 0 radical (unpaired) electrons. The van der Waals surface area contributed by atoms with E-state index in [9.17, 15) is 55.1 Å². The van der Waals surface area contributed by atoms with Gasteiger partial charge in [-0.2, -0.15) is 26.3 Å². The van der Waals surface area contributed by atoms with Gasteiger partial charge in [-0.3, -0.25) is 52.7 Å². The van der Waals surface area contributed by atoms with Crippen LogP contribution >= 0.6 is 0 Å². The first-order valence-electron chi connectivity index (χ1n) is 36.9. The molecule has 103 heavy (non-hydrogen) atoms. The van der Waals surface area contributed by atoms with Gasteiger partial charge < -0.3 is 55.1 Å². The van der Waals surface area contributed by atoms with Gasteiger partial charge in [0.15, 0.2) is 0 Å². The number of carbonyl (C=O) groups is 11. The van der Waals surface area contributed by atoms with Gasteiger partial charge >= 0.3 is 12.4 Å². The van der Waals surface area contributed by atoms with Crippen molar-refractivity contribution >= 4 is 65.0 Å². The molecule has 0 aromatic heterocycles. The molecule has 11 amide bonds. The molecule has 32 heteroatoms. The van der Waals surface area contributed by atoms with E-state index >= 15 is 41.5 Å². The molecule has 0 bridgehead atoms. The van der Waals surface area contributed by atoms with Crippen LogP contribution < -0.4 is 16.0 Å². The van der Waals surface area contributed by atoms with Crippen LogP contribution in [0.25, 0.3) is 0 Å². The predicted octanol–water partition coefficient (Wildman–Crippen LogP) is 7.74. The van der Waals surface area contributed by atoms with E-state index < -0.39 is 236 Å². The lowest BCUT2D eigenvalue weighted by Crippen LogP contribution is -2.68. The van der Waals surface area contributed by atoms with Gasteiger partial charge in [-0.05, 0) is 153 Å². The second-order valence-corrected chi connectivity index (χ2v) is 31.2. The Kier molecular flexibility index (Phi) is 27.9. The summed E-state index contributed by atoms with van der Waals surface area (Å²) >= 11 is 0. The monoisotopic (exact) mass is 1480 g/mol. The summed E-state index contributed by atoms with van der Waals surface area (Å²) in [5.41, 5.74) is -1.82. The normalized spacial score (nSPS) is 33.2. The highest BCUT2D eigenvalue weighted by molar-refractivity contribution is 6.00. The van der Waals surface area contributed by atoms with E-state index in [2.05, 4.69) is 16.0 Å². The number of carbonyl (C=O) groups excluding carboxylic acids is 11. The highest BCUT2D eigenvalue weighted by Gasteiger charge is 2.58. The zero-order valence-corrected chi connectivity index (χ0v) is 61.6. The third-order valence-electron chi connectivity index (χ3n) is 23.6. The van der Waals surface area contributed by atoms with Crippen molar-refractivity contribution in [1.82, 2.24) is 55.1 Å². The Balaban J connectivity index is 1.28. The average Bonchev–Trinajstić information content (AvgIpc) is 1.71. The molecule has 7 fully saturated rings. The molecule has 7 aliphatic rings. The van der Waals surface area contributed by atoms with Crippen LogP contribution in [0, 0.1) is 41.4 Å². The van der Waals surface area contributed by atoms with Gasteiger partial charge in [-0.25, -0.2) is 17.6 Å². The minimum atomic E-state index is -5.26. The maximum Gasteiger partial charge on any atom is 0.397 e. The second-order valence-electron chi connectivity index (χ2n) is 31.2. The second kappa shape index (κ2) is 34.4. The average molecular weight is 1480 g/mol. The minimum absolute atomic E-state index is 0.00116. The smallest absolute Gasteiger partial charge is 0.343 e.